The third-order valence-electron chi connectivity index (χ3n) is 2.00. The van der Waals surface area contributed by atoms with E-state index in [9.17, 15) is 13.3 Å². The highest BCUT2D eigenvalue weighted by Gasteiger charge is 2.19. The summed E-state index contributed by atoms with van der Waals surface area (Å²) in [6.45, 7) is 2.88. The number of anilines is 1. The maximum Gasteiger partial charge on any atom is 0.147 e. The summed E-state index contributed by atoms with van der Waals surface area (Å²) in [6.07, 6.45) is 4.99. The molecule has 0 spiro atoms. The van der Waals surface area contributed by atoms with E-state index in [0.717, 1.165) is 12.1 Å². The molecule has 0 heterocycles. The first-order valence-electron chi connectivity index (χ1n) is 4.58. The second kappa shape index (κ2) is 4.67. The van der Waals surface area contributed by atoms with E-state index in [1.54, 1.807) is 0 Å². The van der Waals surface area contributed by atoms with Gasteiger partial charge in [-0.15, -0.1) is 6.42 Å². The minimum atomic E-state index is -2.81. The predicted octanol–water partition coefficient (Wildman–Crippen LogP) is 2.26. The van der Waals surface area contributed by atoms with Crippen LogP contribution < -0.4 is 10.6 Å². The average Bonchev–Trinajstić information content (AvgIpc) is 2.17. The Balaban J connectivity index is 3.18. The van der Waals surface area contributed by atoms with Crippen LogP contribution in [0.5, 0.6) is 0 Å². The molecule has 2 nitrogen and oxygen atoms in total. The van der Waals surface area contributed by atoms with Gasteiger partial charge in [-0.05, 0) is 19.4 Å². The second-order valence-corrected chi connectivity index (χ2v) is 6.88. The molecule has 0 radical (unpaired) electrons. The number of rotatable bonds is 3. The van der Waals surface area contributed by atoms with Crippen molar-refractivity contribution in [2.45, 2.75) is 0 Å². The molecule has 0 unspecified atom stereocenters. The maximum atomic E-state index is 13.5. The van der Waals surface area contributed by atoms with Crippen LogP contribution in [0.3, 0.4) is 0 Å². The Labute approximate surface area is 93.4 Å². The fourth-order valence-electron chi connectivity index (χ4n) is 1.23. The molecule has 5 heteroatoms. The molecule has 0 aliphatic carbocycles. The highest BCUT2D eigenvalue weighted by molar-refractivity contribution is 7.70. The van der Waals surface area contributed by atoms with Crippen LogP contribution in [0.2, 0.25) is 0 Å². The summed E-state index contributed by atoms with van der Waals surface area (Å²) in [4.78, 5) is 0. The van der Waals surface area contributed by atoms with Crippen LogP contribution in [0.25, 0.3) is 0 Å². The Morgan fingerprint density at radius 3 is 2.50 bits per heavy atom. The molecule has 1 aromatic carbocycles. The Bertz CT molecular complexity index is 487. The lowest BCUT2D eigenvalue weighted by Gasteiger charge is -2.11. The monoisotopic (exact) mass is 243 g/mol. The van der Waals surface area contributed by atoms with E-state index < -0.39 is 18.8 Å². The van der Waals surface area contributed by atoms with Crippen molar-refractivity contribution in [3.8, 4) is 12.3 Å². The smallest absolute Gasteiger partial charge is 0.147 e. The van der Waals surface area contributed by atoms with Gasteiger partial charge in [-0.3, -0.25) is 0 Å². The Morgan fingerprint density at radius 1 is 1.38 bits per heavy atom. The lowest BCUT2D eigenvalue weighted by Crippen LogP contribution is -2.12. The first-order chi connectivity index (χ1) is 7.36. The molecule has 0 amide bonds. The Kier molecular flexibility index (Phi) is 3.72. The molecule has 0 aromatic heterocycles. The van der Waals surface area contributed by atoms with Gasteiger partial charge in [0.05, 0.1) is 12.2 Å². The van der Waals surface area contributed by atoms with Crippen molar-refractivity contribution >= 4 is 18.1 Å². The number of terminal acetylenes is 1. The molecule has 0 saturated carbocycles. The van der Waals surface area contributed by atoms with Crippen LogP contribution in [0.15, 0.2) is 12.1 Å². The summed E-state index contributed by atoms with van der Waals surface area (Å²) in [7, 11) is -2.81. The molecule has 0 bridgehead atoms. The number of hydrogen-bond donors (Lipinski definition) is 1. The van der Waals surface area contributed by atoms with E-state index in [2.05, 4.69) is 11.2 Å². The van der Waals surface area contributed by atoms with Crippen LogP contribution >= 0.6 is 7.14 Å². The van der Waals surface area contributed by atoms with Gasteiger partial charge in [0.1, 0.15) is 18.8 Å². The van der Waals surface area contributed by atoms with Crippen molar-refractivity contribution in [1.82, 2.24) is 0 Å². The molecular formula is C11H12F2NOP. The molecular weight excluding hydrogens is 231 g/mol. The number of halogens is 2. The zero-order chi connectivity index (χ0) is 12.3. The fraction of sp³-hybridized carbons (Fsp3) is 0.273. The highest BCUT2D eigenvalue weighted by atomic mass is 31.2. The molecule has 0 aliphatic rings. The van der Waals surface area contributed by atoms with Gasteiger partial charge >= 0.3 is 0 Å². The van der Waals surface area contributed by atoms with Crippen molar-refractivity contribution in [3.63, 3.8) is 0 Å². The normalized spacial score (nSPS) is 10.9. The molecule has 1 rings (SSSR count). The van der Waals surface area contributed by atoms with Crippen LogP contribution in [-0.2, 0) is 4.57 Å². The summed E-state index contributed by atoms with van der Waals surface area (Å²) in [6, 6.07) is 1.93. The summed E-state index contributed by atoms with van der Waals surface area (Å²) < 4.78 is 38.6. The minimum Gasteiger partial charge on any atom is -0.372 e. The minimum absolute atomic E-state index is 0.0207. The molecule has 86 valence electrons. The van der Waals surface area contributed by atoms with E-state index >= 15 is 0 Å². The number of nitrogens with one attached hydrogen (secondary N) is 1. The van der Waals surface area contributed by atoms with Crippen molar-refractivity contribution in [3.05, 3.63) is 23.8 Å². The van der Waals surface area contributed by atoms with Crippen LogP contribution in [-0.4, -0.2) is 19.9 Å². The standard InChI is InChI=1S/C11H12F2NOP/c1-4-5-14-10-6-9(13)11(7-8(10)12)16(2,3)15/h1,6-7,14H,5H2,2-3H3. The first-order valence-corrected chi connectivity index (χ1v) is 7.18. The summed E-state index contributed by atoms with van der Waals surface area (Å²) in [5.41, 5.74) is -0.0207. The maximum absolute atomic E-state index is 13.5. The topological polar surface area (TPSA) is 29.1 Å². The second-order valence-electron chi connectivity index (χ2n) is 3.69. The fourth-order valence-corrected chi connectivity index (χ4v) is 2.23. The third-order valence-corrected chi connectivity index (χ3v) is 3.50. The van der Waals surface area contributed by atoms with E-state index in [1.807, 2.05) is 0 Å². The predicted molar refractivity (Wildman–Crippen MR) is 62.8 cm³/mol. The zero-order valence-electron chi connectivity index (χ0n) is 9.05. The first kappa shape index (κ1) is 12.7. The van der Waals surface area contributed by atoms with Crippen molar-refractivity contribution in [2.75, 3.05) is 25.2 Å². The van der Waals surface area contributed by atoms with Crippen molar-refractivity contribution < 1.29 is 13.3 Å². The molecule has 16 heavy (non-hydrogen) atoms. The van der Waals surface area contributed by atoms with Crippen LogP contribution in [0.1, 0.15) is 0 Å². The van der Waals surface area contributed by atoms with Crippen LogP contribution in [0.4, 0.5) is 14.5 Å². The third kappa shape index (κ3) is 2.84. The van der Waals surface area contributed by atoms with Crippen molar-refractivity contribution in [2.24, 2.45) is 0 Å². The van der Waals surface area contributed by atoms with Gasteiger partial charge in [-0.25, -0.2) is 8.78 Å². The lowest BCUT2D eigenvalue weighted by atomic mass is 10.3. The number of benzene rings is 1. The highest BCUT2D eigenvalue weighted by Crippen LogP contribution is 2.36. The van der Waals surface area contributed by atoms with E-state index in [-0.39, 0.29) is 17.5 Å². The van der Waals surface area contributed by atoms with Gasteiger partial charge < -0.3 is 9.88 Å². The Morgan fingerprint density at radius 2 is 2.00 bits per heavy atom. The van der Waals surface area contributed by atoms with E-state index in [1.165, 1.54) is 13.3 Å². The van der Waals surface area contributed by atoms with E-state index in [4.69, 9.17) is 6.42 Å². The Hall–Kier alpha value is -1.33. The summed E-state index contributed by atoms with van der Waals surface area (Å²) >= 11 is 0. The molecule has 0 saturated heterocycles. The lowest BCUT2D eigenvalue weighted by molar-refractivity contribution is 0.582. The SMILES string of the molecule is C#CCNc1cc(F)c(P(C)(C)=O)cc1F. The quantitative estimate of drug-likeness (QED) is 0.651. The van der Waals surface area contributed by atoms with Crippen LogP contribution in [0, 0.1) is 24.0 Å². The van der Waals surface area contributed by atoms with Gasteiger partial charge in [0.25, 0.3) is 0 Å². The van der Waals surface area contributed by atoms with Gasteiger partial charge in [-0.1, -0.05) is 5.92 Å². The number of hydrogen-bond acceptors (Lipinski definition) is 2. The van der Waals surface area contributed by atoms with E-state index in [0.29, 0.717) is 0 Å². The van der Waals surface area contributed by atoms with Gasteiger partial charge in [0.2, 0.25) is 0 Å². The average molecular weight is 243 g/mol. The molecule has 0 fully saturated rings. The molecule has 0 aliphatic heterocycles. The molecule has 1 aromatic rings. The van der Waals surface area contributed by atoms with Crippen molar-refractivity contribution in [1.29, 1.82) is 0 Å². The summed E-state index contributed by atoms with van der Waals surface area (Å²) in [5.74, 6) is 0.910. The van der Waals surface area contributed by atoms with Gasteiger partial charge in [0.15, 0.2) is 0 Å². The van der Waals surface area contributed by atoms with Gasteiger partial charge in [-0.2, -0.15) is 0 Å². The molecule has 1 N–H and O–H groups in total. The summed E-state index contributed by atoms with van der Waals surface area (Å²) in [5, 5.41) is 2.45. The van der Waals surface area contributed by atoms with Gasteiger partial charge in [0, 0.05) is 11.4 Å². The zero-order valence-corrected chi connectivity index (χ0v) is 9.94. The molecule has 0 atom stereocenters. The largest absolute Gasteiger partial charge is 0.372 e.